The molecule has 3 N–H and O–H groups in total. The first-order chi connectivity index (χ1) is 15.3. The van der Waals surface area contributed by atoms with Crippen molar-refractivity contribution in [3.8, 4) is 0 Å². The number of Topliss-reactive ketones (excluding diaryl/α,β-unsaturated/α-hetero) is 1. The molecular formula is C28H42O5. The molecule has 1 spiro atoms. The third-order valence-electron chi connectivity index (χ3n) is 10.9. The molecule has 0 bridgehead atoms. The summed E-state index contributed by atoms with van der Waals surface area (Å²) < 4.78 is 6.18. The second-order valence-electron chi connectivity index (χ2n) is 12.7. The van der Waals surface area contributed by atoms with Gasteiger partial charge in [0.2, 0.25) is 0 Å². The van der Waals surface area contributed by atoms with Crippen molar-refractivity contribution in [1.29, 1.82) is 0 Å². The van der Waals surface area contributed by atoms with Crippen LogP contribution in [0.1, 0.15) is 80.1 Å². The van der Waals surface area contributed by atoms with Gasteiger partial charge < -0.3 is 20.1 Å². The number of carbonyl (C=O) groups excluding carboxylic acids is 1. The average Bonchev–Trinajstić information content (AvgIpc) is 3.44. The van der Waals surface area contributed by atoms with E-state index in [0.29, 0.717) is 36.7 Å². The number of allylic oxidation sites excluding steroid dienone is 2. The molecule has 2 saturated carbocycles. The van der Waals surface area contributed by atoms with E-state index in [1.165, 1.54) is 0 Å². The number of carbonyl (C=O) groups is 1. The molecule has 4 aliphatic carbocycles. The smallest absolute Gasteiger partial charge is 0.169 e. The van der Waals surface area contributed by atoms with E-state index in [4.69, 9.17) is 4.74 Å². The Balaban J connectivity index is 1.55. The molecule has 184 valence electrons. The largest absolute Gasteiger partial charge is 0.393 e. The summed E-state index contributed by atoms with van der Waals surface area (Å²) in [4.78, 5) is 13.6. The minimum absolute atomic E-state index is 0.0275. The van der Waals surface area contributed by atoms with Crippen molar-refractivity contribution < 1.29 is 24.9 Å². The molecule has 0 aromatic carbocycles. The fourth-order valence-corrected chi connectivity index (χ4v) is 8.18. The van der Waals surface area contributed by atoms with E-state index in [2.05, 4.69) is 53.7 Å². The van der Waals surface area contributed by atoms with Crippen LogP contribution in [-0.2, 0) is 9.53 Å². The Morgan fingerprint density at radius 1 is 1.09 bits per heavy atom. The molecule has 10 atom stereocenters. The lowest BCUT2D eigenvalue weighted by Crippen LogP contribution is -2.62. The predicted molar refractivity (Wildman–Crippen MR) is 126 cm³/mol. The predicted octanol–water partition coefficient (Wildman–Crippen LogP) is 3.95. The molecule has 1 aliphatic heterocycles. The molecule has 0 amide bonds. The molecule has 0 unspecified atom stereocenters. The zero-order chi connectivity index (χ0) is 24.1. The number of hydrogen-bond donors (Lipinski definition) is 3. The van der Waals surface area contributed by atoms with Gasteiger partial charge in [0.1, 0.15) is 17.8 Å². The summed E-state index contributed by atoms with van der Waals surface area (Å²) in [6, 6.07) is 0. The van der Waals surface area contributed by atoms with E-state index in [9.17, 15) is 20.1 Å². The molecule has 5 aliphatic rings. The number of hydrogen-bond acceptors (Lipinski definition) is 5. The zero-order valence-corrected chi connectivity index (χ0v) is 21.1. The highest BCUT2D eigenvalue weighted by Crippen LogP contribution is 2.72. The minimum atomic E-state index is -1.65. The number of epoxide rings is 1. The van der Waals surface area contributed by atoms with Gasteiger partial charge in [0, 0.05) is 29.2 Å². The van der Waals surface area contributed by atoms with Gasteiger partial charge in [-0.1, -0.05) is 59.3 Å². The number of fused-ring (bicyclic) bond motifs is 3. The fourth-order valence-electron chi connectivity index (χ4n) is 8.18. The first-order valence-corrected chi connectivity index (χ1v) is 13.1. The van der Waals surface area contributed by atoms with Crippen molar-refractivity contribution >= 4 is 5.78 Å². The van der Waals surface area contributed by atoms with Crippen molar-refractivity contribution in [3.63, 3.8) is 0 Å². The van der Waals surface area contributed by atoms with Crippen molar-refractivity contribution in [3.05, 3.63) is 23.3 Å². The average molecular weight is 459 g/mol. The van der Waals surface area contributed by atoms with Gasteiger partial charge in [0.15, 0.2) is 11.4 Å². The lowest BCUT2D eigenvalue weighted by Gasteiger charge is -2.56. The van der Waals surface area contributed by atoms with Crippen molar-refractivity contribution in [2.45, 2.75) is 110 Å². The number of aliphatic hydroxyl groups excluding tert-OH is 2. The van der Waals surface area contributed by atoms with Crippen molar-refractivity contribution in [1.82, 2.24) is 0 Å². The second-order valence-corrected chi connectivity index (χ2v) is 12.7. The number of rotatable bonds is 4. The fraction of sp³-hybridized carbons (Fsp3) is 0.821. The van der Waals surface area contributed by atoms with Crippen molar-refractivity contribution in [2.75, 3.05) is 0 Å². The summed E-state index contributed by atoms with van der Waals surface area (Å²) in [6.45, 7) is 13.0. The molecule has 0 aromatic rings. The molecule has 0 aromatic heterocycles. The Bertz CT molecular complexity index is 921. The van der Waals surface area contributed by atoms with Crippen LogP contribution in [0.4, 0.5) is 0 Å². The van der Waals surface area contributed by atoms with E-state index >= 15 is 0 Å². The Labute approximate surface area is 198 Å². The Morgan fingerprint density at radius 2 is 1.79 bits per heavy atom. The number of ether oxygens (including phenoxy) is 1. The van der Waals surface area contributed by atoms with E-state index in [-0.39, 0.29) is 23.0 Å². The van der Waals surface area contributed by atoms with Gasteiger partial charge in [0.05, 0.1) is 6.10 Å². The molecule has 1 heterocycles. The highest BCUT2D eigenvalue weighted by atomic mass is 16.6. The summed E-state index contributed by atoms with van der Waals surface area (Å²) in [5, 5.41) is 34.1. The van der Waals surface area contributed by atoms with Crippen LogP contribution in [0, 0.1) is 34.5 Å². The van der Waals surface area contributed by atoms with Crippen LogP contribution in [0.5, 0.6) is 0 Å². The SMILES string of the molecule is CC(C)[C@@H](C)/C=C/[C@@H](C)[C@H]1CC(=O)[C@]2(O)C3=C(CC[C@]12C)[C@@]1(C)CC[C@H](O)C[C@@]12O[C@H]2[C@H]3O. The summed E-state index contributed by atoms with van der Waals surface area (Å²) in [5.41, 5.74) is -1.59. The maximum Gasteiger partial charge on any atom is 0.169 e. The van der Waals surface area contributed by atoms with Gasteiger partial charge in [-0.15, -0.1) is 0 Å². The number of aliphatic hydroxyl groups is 3. The van der Waals surface area contributed by atoms with E-state index in [0.717, 1.165) is 24.8 Å². The zero-order valence-electron chi connectivity index (χ0n) is 21.1. The maximum atomic E-state index is 13.6. The molecule has 0 radical (unpaired) electrons. The molecule has 3 fully saturated rings. The van der Waals surface area contributed by atoms with Crippen LogP contribution in [0.25, 0.3) is 0 Å². The standard InChI is InChI=1S/C28H42O5/c1-15(2)16(3)7-8-17(4)20-13-21(30)28(32)22-19(10-12-26(20,28)6)25(5)11-9-18(29)14-27(25)24(33-27)23(22)31/h7-8,15-18,20,23-24,29,31-32H,9-14H2,1-6H3/b8-7+/t16-,17+,18-,20+,23-,24-,25+,26+,27-,28-/m0/s1. The molecular weight excluding hydrogens is 416 g/mol. The van der Waals surface area contributed by atoms with E-state index in [1.807, 2.05) is 0 Å². The van der Waals surface area contributed by atoms with Crippen LogP contribution < -0.4 is 0 Å². The highest BCUT2D eigenvalue weighted by Gasteiger charge is 2.79. The quantitative estimate of drug-likeness (QED) is 0.438. The third kappa shape index (κ3) is 2.83. The monoisotopic (exact) mass is 458 g/mol. The van der Waals surface area contributed by atoms with Crippen LogP contribution in [0.2, 0.25) is 0 Å². The topological polar surface area (TPSA) is 90.3 Å². The summed E-state index contributed by atoms with van der Waals surface area (Å²) in [7, 11) is 0. The summed E-state index contributed by atoms with van der Waals surface area (Å²) in [6.07, 6.45) is 6.42. The van der Waals surface area contributed by atoms with Gasteiger partial charge in [-0.2, -0.15) is 0 Å². The van der Waals surface area contributed by atoms with Gasteiger partial charge >= 0.3 is 0 Å². The third-order valence-corrected chi connectivity index (χ3v) is 10.9. The first-order valence-electron chi connectivity index (χ1n) is 13.1. The van der Waals surface area contributed by atoms with Crippen LogP contribution >= 0.6 is 0 Å². The Kier molecular flexibility index (Phi) is 5.21. The second kappa shape index (κ2) is 7.25. The van der Waals surface area contributed by atoms with Crippen LogP contribution in [-0.4, -0.2) is 50.6 Å². The van der Waals surface area contributed by atoms with Gasteiger partial charge in [-0.05, 0) is 49.4 Å². The Morgan fingerprint density at radius 3 is 2.45 bits per heavy atom. The number of ketones is 1. The molecule has 5 nitrogen and oxygen atoms in total. The molecule has 5 heteroatoms. The molecule has 5 rings (SSSR count). The Hall–Kier alpha value is -1.01. The van der Waals surface area contributed by atoms with Gasteiger partial charge in [-0.3, -0.25) is 4.79 Å². The van der Waals surface area contributed by atoms with Gasteiger partial charge in [-0.25, -0.2) is 0 Å². The van der Waals surface area contributed by atoms with E-state index < -0.39 is 34.9 Å². The van der Waals surface area contributed by atoms with Gasteiger partial charge in [0.25, 0.3) is 0 Å². The first kappa shape index (κ1) is 23.7. The van der Waals surface area contributed by atoms with Crippen LogP contribution in [0.3, 0.4) is 0 Å². The highest BCUT2D eigenvalue weighted by molar-refractivity contribution is 5.95. The van der Waals surface area contributed by atoms with Crippen LogP contribution in [0.15, 0.2) is 23.3 Å². The van der Waals surface area contributed by atoms with E-state index in [1.54, 1.807) is 0 Å². The lowest BCUT2D eigenvalue weighted by atomic mass is 9.48. The summed E-state index contributed by atoms with van der Waals surface area (Å²) in [5.74, 6) is 1.05. The lowest BCUT2D eigenvalue weighted by molar-refractivity contribution is -0.143. The summed E-state index contributed by atoms with van der Waals surface area (Å²) >= 11 is 0. The van der Waals surface area contributed by atoms with Crippen molar-refractivity contribution in [2.24, 2.45) is 34.5 Å². The molecule has 33 heavy (non-hydrogen) atoms. The normalized spacial score (nSPS) is 50.7. The maximum absolute atomic E-state index is 13.6. The molecule has 1 saturated heterocycles. The minimum Gasteiger partial charge on any atom is -0.393 e.